The van der Waals surface area contributed by atoms with Crippen LogP contribution in [-0.2, 0) is 33.8 Å². The molecule has 0 spiro atoms. The highest BCUT2D eigenvalue weighted by Gasteiger charge is 2.31. The largest absolute Gasteiger partial charge is 0.465 e. The van der Waals surface area contributed by atoms with Crippen LogP contribution in [0.25, 0.3) is 10.9 Å². The molecular weight excluding hydrogens is 430 g/mol. The number of fused-ring (bicyclic) bond motifs is 2. The number of carbonyl (C=O) groups excluding carboxylic acids is 3. The van der Waals surface area contributed by atoms with Gasteiger partial charge >= 0.3 is 5.97 Å². The Morgan fingerprint density at radius 1 is 0.912 bits per heavy atom. The Labute approximate surface area is 198 Å². The first-order valence-electron chi connectivity index (χ1n) is 11.8. The lowest BCUT2D eigenvalue weighted by atomic mass is 9.93. The number of nitrogens with zero attached hydrogens (tertiary/aromatic N) is 3. The molecule has 1 fully saturated rings. The van der Waals surface area contributed by atoms with E-state index < -0.39 is 5.97 Å². The molecule has 0 unspecified atom stereocenters. The van der Waals surface area contributed by atoms with Gasteiger partial charge in [-0.2, -0.15) is 0 Å². The zero-order chi connectivity index (χ0) is 23.7. The average molecular weight is 460 g/mol. The van der Waals surface area contributed by atoms with Crippen molar-refractivity contribution in [3.8, 4) is 0 Å². The van der Waals surface area contributed by atoms with E-state index in [0.717, 1.165) is 23.9 Å². The molecule has 0 bridgehead atoms. The summed E-state index contributed by atoms with van der Waals surface area (Å²) >= 11 is 0. The molecule has 0 radical (unpaired) electrons. The van der Waals surface area contributed by atoms with Gasteiger partial charge in [0.25, 0.3) is 0 Å². The first-order valence-corrected chi connectivity index (χ1v) is 11.8. The lowest BCUT2D eigenvalue weighted by molar-refractivity contribution is -0.141. The molecule has 1 aromatic heterocycles. The fourth-order valence-corrected chi connectivity index (χ4v) is 5.21. The molecular formula is C27H29N3O4. The summed E-state index contributed by atoms with van der Waals surface area (Å²) in [4.78, 5) is 42.2. The van der Waals surface area contributed by atoms with Crippen molar-refractivity contribution in [2.45, 2.75) is 32.4 Å². The Kier molecular flexibility index (Phi) is 6.09. The van der Waals surface area contributed by atoms with Gasteiger partial charge in [0.15, 0.2) is 0 Å². The van der Waals surface area contributed by atoms with Crippen molar-refractivity contribution in [3.63, 3.8) is 0 Å². The Bertz CT molecular complexity index is 1240. The minimum Gasteiger partial charge on any atom is -0.465 e. The van der Waals surface area contributed by atoms with Crippen LogP contribution in [0.3, 0.4) is 0 Å². The Balaban J connectivity index is 1.21. The van der Waals surface area contributed by atoms with Crippen molar-refractivity contribution < 1.29 is 19.1 Å². The van der Waals surface area contributed by atoms with Gasteiger partial charge in [-0.05, 0) is 36.5 Å². The fraction of sp³-hybridized carbons (Fsp3) is 0.370. The van der Waals surface area contributed by atoms with Crippen LogP contribution in [0.5, 0.6) is 0 Å². The summed E-state index contributed by atoms with van der Waals surface area (Å²) in [6, 6.07) is 15.8. The second kappa shape index (κ2) is 9.33. The lowest BCUT2D eigenvalue weighted by Crippen LogP contribution is -2.46. The van der Waals surface area contributed by atoms with Crippen LogP contribution in [0, 0.1) is 5.92 Å². The summed E-state index contributed by atoms with van der Waals surface area (Å²) in [5.74, 6) is -0.245. The van der Waals surface area contributed by atoms with Crippen molar-refractivity contribution in [2.24, 2.45) is 5.92 Å². The number of esters is 1. The summed E-state index contributed by atoms with van der Waals surface area (Å²) < 4.78 is 6.71. The van der Waals surface area contributed by atoms with E-state index in [0.29, 0.717) is 38.0 Å². The molecule has 176 valence electrons. The van der Waals surface area contributed by atoms with Crippen LogP contribution in [0.4, 0.5) is 0 Å². The van der Waals surface area contributed by atoms with Gasteiger partial charge in [-0.1, -0.05) is 42.5 Å². The Morgan fingerprint density at radius 2 is 1.62 bits per heavy atom. The number of para-hydroxylation sites is 1. The predicted molar refractivity (Wildman–Crippen MR) is 128 cm³/mol. The molecule has 0 aliphatic carbocycles. The minimum atomic E-state index is -0.415. The van der Waals surface area contributed by atoms with E-state index in [-0.39, 0.29) is 24.3 Å². The van der Waals surface area contributed by atoms with E-state index in [9.17, 15) is 14.4 Å². The zero-order valence-corrected chi connectivity index (χ0v) is 19.4. The normalized spacial score (nSPS) is 16.4. The number of rotatable bonds is 4. The highest BCUT2D eigenvalue weighted by molar-refractivity contribution is 6.04. The Morgan fingerprint density at radius 3 is 2.38 bits per heavy atom. The maximum absolute atomic E-state index is 13.1. The van der Waals surface area contributed by atoms with Crippen LogP contribution in [0.2, 0.25) is 0 Å². The second-order valence-corrected chi connectivity index (χ2v) is 9.11. The van der Waals surface area contributed by atoms with Gasteiger partial charge in [0.1, 0.15) is 6.54 Å². The number of amides is 2. The molecule has 2 aliphatic heterocycles. The summed E-state index contributed by atoms with van der Waals surface area (Å²) in [5, 5.41) is 0.773. The number of likely N-dealkylation sites (tertiary alicyclic amines) is 1. The smallest absolute Gasteiger partial charge is 0.340 e. The van der Waals surface area contributed by atoms with Gasteiger partial charge in [0.05, 0.1) is 12.7 Å². The van der Waals surface area contributed by atoms with Crippen LogP contribution >= 0.6 is 0 Å². The molecule has 7 heteroatoms. The zero-order valence-electron chi connectivity index (χ0n) is 19.4. The number of carbonyl (C=O) groups is 3. The van der Waals surface area contributed by atoms with Gasteiger partial charge < -0.3 is 19.1 Å². The van der Waals surface area contributed by atoms with Crippen LogP contribution in [0.15, 0.2) is 54.7 Å². The van der Waals surface area contributed by atoms with E-state index in [1.54, 1.807) is 6.20 Å². The van der Waals surface area contributed by atoms with Gasteiger partial charge in [-0.25, -0.2) is 4.79 Å². The molecule has 34 heavy (non-hydrogen) atoms. The van der Waals surface area contributed by atoms with Gasteiger partial charge in [-0.15, -0.1) is 0 Å². The number of hydrogen-bond acceptors (Lipinski definition) is 4. The molecule has 0 N–H and O–H groups in total. The van der Waals surface area contributed by atoms with Crippen LogP contribution in [0.1, 0.15) is 34.3 Å². The van der Waals surface area contributed by atoms with Gasteiger partial charge in [0, 0.05) is 49.2 Å². The second-order valence-electron chi connectivity index (χ2n) is 9.11. The van der Waals surface area contributed by atoms with E-state index in [4.69, 9.17) is 4.74 Å². The molecule has 5 rings (SSSR count). The quantitative estimate of drug-likeness (QED) is 0.562. The average Bonchev–Trinajstić information content (AvgIpc) is 3.26. The van der Waals surface area contributed by atoms with Crippen molar-refractivity contribution >= 4 is 28.7 Å². The number of benzene rings is 2. The molecule has 3 heterocycles. The van der Waals surface area contributed by atoms with E-state index in [2.05, 4.69) is 18.2 Å². The molecule has 2 aliphatic rings. The van der Waals surface area contributed by atoms with E-state index >= 15 is 0 Å². The molecule has 0 atom stereocenters. The van der Waals surface area contributed by atoms with Crippen molar-refractivity contribution in [3.05, 3.63) is 71.4 Å². The van der Waals surface area contributed by atoms with Crippen molar-refractivity contribution in [2.75, 3.05) is 26.7 Å². The van der Waals surface area contributed by atoms with Crippen molar-refractivity contribution in [1.29, 1.82) is 0 Å². The molecule has 2 amide bonds. The van der Waals surface area contributed by atoms with Gasteiger partial charge in [0.2, 0.25) is 11.8 Å². The third-order valence-electron chi connectivity index (χ3n) is 7.14. The summed E-state index contributed by atoms with van der Waals surface area (Å²) in [7, 11) is 1.35. The Hall–Kier alpha value is -3.61. The van der Waals surface area contributed by atoms with E-state index in [1.807, 2.05) is 44.7 Å². The highest BCUT2D eigenvalue weighted by atomic mass is 16.5. The predicted octanol–water partition coefficient (Wildman–Crippen LogP) is 3.25. The molecule has 2 aromatic carbocycles. The van der Waals surface area contributed by atoms with Crippen LogP contribution in [-0.4, -0.2) is 58.9 Å². The topological polar surface area (TPSA) is 71.8 Å². The summed E-state index contributed by atoms with van der Waals surface area (Å²) in [5.41, 5.74) is 3.85. The number of piperidine rings is 1. The highest BCUT2D eigenvalue weighted by Crippen LogP contribution is 2.26. The molecule has 0 saturated carbocycles. The number of aromatic nitrogens is 1. The maximum atomic E-state index is 13.1. The first kappa shape index (κ1) is 22.2. The minimum absolute atomic E-state index is 0.00466. The molecule has 1 saturated heterocycles. The van der Waals surface area contributed by atoms with Crippen LogP contribution < -0.4 is 0 Å². The third-order valence-corrected chi connectivity index (χ3v) is 7.14. The summed E-state index contributed by atoms with van der Waals surface area (Å²) in [6.07, 6.45) is 3.96. The molecule has 3 aromatic rings. The number of hydrogen-bond donors (Lipinski definition) is 0. The fourth-order valence-electron chi connectivity index (χ4n) is 5.21. The van der Waals surface area contributed by atoms with Crippen molar-refractivity contribution in [1.82, 2.24) is 14.4 Å². The number of methoxy groups -OCH3 is 1. The SMILES string of the molecule is COC(=O)c1cn(CC(=O)N2CCC(C(=O)N3CCc4ccccc4C3)CC2)c2ccccc12. The van der Waals surface area contributed by atoms with E-state index in [1.165, 1.54) is 18.2 Å². The monoisotopic (exact) mass is 459 g/mol. The molecule has 7 nitrogen and oxygen atoms in total. The van der Waals surface area contributed by atoms with Gasteiger partial charge in [-0.3, -0.25) is 9.59 Å². The first-order chi connectivity index (χ1) is 16.5. The third kappa shape index (κ3) is 4.18. The summed E-state index contributed by atoms with van der Waals surface area (Å²) in [6.45, 7) is 2.74. The standard InChI is InChI=1S/C27H29N3O4/c1-34-27(33)23-17-30(24-9-5-4-8-22(23)24)18-25(31)28-13-11-20(12-14-28)26(32)29-15-10-19-6-2-3-7-21(19)16-29/h2-9,17,20H,10-16,18H2,1H3. The maximum Gasteiger partial charge on any atom is 0.340 e. The lowest BCUT2D eigenvalue weighted by Gasteiger charge is -2.36. The number of ether oxygens (including phenoxy) is 1.